The van der Waals surface area contributed by atoms with Crippen molar-refractivity contribution in [1.29, 1.82) is 0 Å². The molecule has 1 N–H and O–H groups in total. The molecule has 0 amide bonds. The van der Waals surface area contributed by atoms with Gasteiger partial charge in [-0.2, -0.15) is 18.2 Å². The van der Waals surface area contributed by atoms with Crippen LogP contribution in [0.2, 0.25) is 5.02 Å². The molecule has 0 aliphatic heterocycles. The molecule has 0 radical (unpaired) electrons. The zero-order valence-corrected chi connectivity index (χ0v) is 10.7. The molecule has 1 aromatic heterocycles. The number of rotatable bonds is 2. The third-order valence-corrected chi connectivity index (χ3v) is 2.64. The van der Waals surface area contributed by atoms with Crippen molar-refractivity contribution in [2.24, 2.45) is 0 Å². The smallest absolute Gasteiger partial charge is 0.302 e. The lowest BCUT2D eigenvalue weighted by atomic mass is 10.2. The average molecular weight is 301 g/mol. The van der Waals surface area contributed by atoms with Gasteiger partial charge in [-0.3, -0.25) is 0 Å². The van der Waals surface area contributed by atoms with Crippen molar-refractivity contribution in [2.45, 2.75) is 6.18 Å². The molecule has 0 fully saturated rings. The van der Waals surface area contributed by atoms with Crippen molar-refractivity contribution < 1.29 is 13.2 Å². The average Bonchev–Trinajstić information content (AvgIpc) is 2.36. The topological polar surface area (TPSA) is 45.8 Å². The molecule has 20 heavy (non-hydrogen) atoms. The van der Waals surface area contributed by atoms with Crippen LogP contribution in [0, 0.1) is 0 Å². The fourth-order valence-corrected chi connectivity index (χ4v) is 1.60. The number of halogens is 4. The van der Waals surface area contributed by atoms with Crippen LogP contribution >= 0.6 is 11.6 Å². The van der Waals surface area contributed by atoms with E-state index in [0.29, 0.717) is 5.02 Å². The molecule has 1 heterocycles. The lowest BCUT2D eigenvalue weighted by molar-refractivity contribution is -0.141. The number of benzene rings is 1. The maximum atomic E-state index is 12.5. The SMILES string of the molecule is O=c1nc(C=Cc2ccc(Cl)cc2)cc(C(F)(F)F)[nH]1. The predicted molar refractivity (Wildman–Crippen MR) is 70.2 cm³/mol. The van der Waals surface area contributed by atoms with Crippen molar-refractivity contribution in [1.82, 2.24) is 9.97 Å². The normalized spacial score (nSPS) is 12.0. The first-order chi connectivity index (χ1) is 9.34. The minimum absolute atomic E-state index is 0.0731. The van der Waals surface area contributed by atoms with Gasteiger partial charge in [0.15, 0.2) is 0 Å². The maximum absolute atomic E-state index is 12.5. The van der Waals surface area contributed by atoms with Crippen molar-refractivity contribution >= 4 is 23.8 Å². The van der Waals surface area contributed by atoms with Crippen LogP contribution in [0.25, 0.3) is 12.2 Å². The highest BCUT2D eigenvalue weighted by atomic mass is 35.5. The zero-order valence-electron chi connectivity index (χ0n) is 9.91. The Bertz CT molecular complexity index is 690. The molecule has 0 saturated heterocycles. The Morgan fingerprint density at radius 3 is 2.40 bits per heavy atom. The molecule has 2 rings (SSSR count). The van der Waals surface area contributed by atoms with Gasteiger partial charge in [-0.15, -0.1) is 0 Å². The van der Waals surface area contributed by atoms with Crippen molar-refractivity contribution in [3.63, 3.8) is 0 Å². The summed E-state index contributed by atoms with van der Waals surface area (Å²) in [4.78, 5) is 16.2. The number of alkyl halides is 3. The lowest BCUT2D eigenvalue weighted by Gasteiger charge is -2.05. The first-order valence-corrected chi connectivity index (χ1v) is 5.84. The van der Waals surface area contributed by atoms with Crippen LogP contribution < -0.4 is 5.69 Å². The quantitative estimate of drug-likeness (QED) is 0.921. The molecule has 0 unspecified atom stereocenters. The van der Waals surface area contributed by atoms with Crippen LogP contribution in [-0.4, -0.2) is 9.97 Å². The van der Waals surface area contributed by atoms with Crippen LogP contribution in [0.4, 0.5) is 13.2 Å². The minimum Gasteiger partial charge on any atom is -0.302 e. The summed E-state index contributed by atoms with van der Waals surface area (Å²) in [5.41, 5.74) is -1.52. The van der Waals surface area contributed by atoms with Gasteiger partial charge in [-0.1, -0.05) is 29.8 Å². The van der Waals surface area contributed by atoms with Gasteiger partial charge in [-0.05, 0) is 29.8 Å². The van der Waals surface area contributed by atoms with E-state index in [1.807, 2.05) is 0 Å². The number of aromatic nitrogens is 2. The molecule has 2 aromatic rings. The fourth-order valence-electron chi connectivity index (χ4n) is 1.47. The van der Waals surface area contributed by atoms with Gasteiger partial charge < -0.3 is 4.98 Å². The highest BCUT2D eigenvalue weighted by Gasteiger charge is 2.32. The standard InChI is InChI=1S/C13H8ClF3N2O/c14-9-4-1-8(2-5-9)3-6-10-7-11(13(15,16)17)19-12(20)18-10/h1-7H,(H,18,19,20). The summed E-state index contributed by atoms with van der Waals surface area (Å²) in [6.07, 6.45) is -1.75. The molecule has 0 spiro atoms. The van der Waals surface area contributed by atoms with E-state index in [2.05, 4.69) is 4.98 Å². The summed E-state index contributed by atoms with van der Waals surface area (Å²) in [5, 5.41) is 0.552. The maximum Gasteiger partial charge on any atom is 0.431 e. The minimum atomic E-state index is -4.62. The Hall–Kier alpha value is -2.08. The van der Waals surface area contributed by atoms with Gasteiger partial charge in [0, 0.05) is 5.02 Å². The number of hydrogen-bond acceptors (Lipinski definition) is 2. The Balaban J connectivity index is 2.32. The van der Waals surface area contributed by atoms with Gasteiger partial charge in [0.1, 0.15) is 5.69 Å². The van der Waals surface area contributed by atoms with E-state index in [9.17, 15) is 18.0 Å². The van der Waals surface area contributed by atoms with E-state index < -0.39 is 17.6 Å². The summed E-state index contributed by atoms with van der Waals surface area (Å²) in [6, 6.07) is 7.45. The fraction of sp³-hybridized carbons (Fsp3) is 0.0769. The number of nitrogens with one attached hydrogen (secondary N) is 1. The first kappa shape index (κ1) is 14.3. The molecule has 1 aromatic carbocycles. The zero-order chi connectivity index (χ0) is 14.8. The van der Waals surface area contributed by atoms with Gasteiger partial charge in [0.25, 0.3) is 0 Å². The van der Waals surface area contributed by atoms with E-state index in [-0.39, 0.29) is 5.69 Å². The summed E-state index contributed by atoms with van der Waals surface area (Å²) < 4.78 is 37.6. The van der Waals surface area contributed by atoms with Crippen molar-refractivity contribution in [2.75, 3.05) is 0 Å². The Kier molecular flexibility index (Phi) is 3.94. The second-order valence-electron chi connectivity index (χ2n) is 3.91. The number of H-pyrrole nitrogens is 1. The molecule has 0 atom stereocenters. The number of aromatic amines is 1. The van der Waals surface area contributed by atoms with Crippen LogP contribution in [0.15, 0.2) is 35.1 Å². The van der Waals surface area contributed by atoms with Crippen LogP contribution in [0.3, 0.4) is 0 Å². The molecular weight excluding hydrogens is 293 g/mol. The summed E-state index contributed by atoms with van der Waals surface area (Å²) >= 11 is 5.71. The van der Waals surface area contributed by atoms with E-state index in [4.69, 9.17) is 11.6 Å². The first-order valence-electron chi connectivity index (χ1n) is 5.47. The van der Waals surface area contributed by atoms with Gasteiger partial charge in [0.05, 0.1) is 5.69 Å². The Morgan fingerprint density at radius 1 is 1.15 bits per heavy atom. The van der Waals surface area contributed by atoms with E-state index in [1.165, 1.54) is 12.2 Å². The predicted octanol–water partition coefficient (Wildman–Crippen LogP) is 3.61. The molecule has 0 aliphatic rings. The monoisotopic (exact) mass is 300 g/mol. The molecule has 0 aliphatic carbocycles. The third kappa shape index (κ3) is 3.71. The summed E-state index contributed by atoms with van der Waals surface area (Å²) in [7, 11) is 0. The highest BCUT2D eigenvalue weighted by molar-refractivity contribution is 6.30. The van der Waals surface area contributed by atoms with Crippen LogP contribution in [0.5, 0.6) is 0 Å². The largest absolute Gasteiger partial charge is 0.431 e. The van der Waals surface area contributed by atoms with Gasteiger partial charge in [-0.25, -0.2) is 4.79 Å². The van der Waals surface area contributed by atoms with Gasteiger partial charge >= 0.3 is 11.9 Å². The lowest BCUT2D eigenvalue weighted by Crippen LogP contribution is -2.19. The van der Waals surface area contributed by atoms with E-state index in [1.54, 1.807) is 29.2 Å². The summed E-state index contributed by atoms with van der Waals surface area (Å²) in [6.45, 7) is 0. The Morgan fingerprint density at radius 2 is 1.80 bits per heavy atom. The van der Waals surface area contributed by atoms with Gasteiger partial charge in [0.2, 0.25) is 0 Å². The molecule has 0 bridgehead atoms. The molecule has 3 nitrogen and oxygen atoms in total. The molecule has 7 heteroatoms. The molecular formula is C13H8ClF3N2O. The van der Waals surface area contributed by atoms with E-state index in [0.717, 1.165) is 11.6 Å². The molecule has 0 saturated carbocycles. The van der Waals surface area contributed by atoms with E-state index >= 15 is 0 Å². The van der Waals surface area contributed by atoms with Crippen molar-refractivity contribution in [3.05, 3.63) is 62.8 Å². The summed E-state index contributed by atoms with van der Waals surface area (Å²) in [5.74, 6) is 0. The molecule has 104 valence electrons. The Labute approximate surface area is 116 Å². The second kappa shape index (κ2) is 5.50. The van der Waals surface area contributed by atoms with Crippen LogP contribution in [-0.2, 0) is 6.18 Å². The van der Waals surface area contributed by atoms with Crippen molar-refractivity contribution in [3.8, 4) is 0 Å². The third-order valence-electron chi connectivity index (χ3n) is 2.39. The number of hydrogen-bond donors (Lipinski definition) is 1. The number of nitrogens with zero attached hydrogens (tertiary/aromatic N) is 1. The van der Waals surface area contributed by atoms with Crippen LogP contribution in [0.1, 0.15) is 17.0 Å². The highest BCUT2D eigenvalue weighted by Crippen LogP contribution is 2.27. The second-order valence-corrected chi connectivity index (χ2v) is 4.34.